The lowest BCUT2D eigenvalue weighted by molar-refractivity contribution is 0.130. The van der Waals surface area contributed by atoms with Gasteiger partial charge in [-0.15, -0.1) is 0 Å². The van der Waals surface area contributed by atoms with Crippen LogP contribution in [0.1, 0.15) is 81.1 Å². The summed E-state index contributed by atoms with van der Waals surface area (Å²) >= 11 is 0. The molecule has 0 spiro atoms. The Hall–Kier alpha value is 0. The molecule has 0 heterocycles. The van der Waals surface area contributed by atoms with Crippen LogP contribution in [-0.2, 0) is 0 Å². The van der Waals surface area contributed by atoms with E-state index in [0.29, 0.717) is 5.41 Å². The predicted octanol–water partition coefficient (Wildman–Crippen LogP) is 6.16. The first-order valence-corrected chi connectivity index (χ1v) is 7.82. The van der Waals surface area contributed by atoms with Gasteiger partial charge < -0.3 is 0 Å². The molecule has 0 aliphatic heterocycles. The Balaban J connectivity index is 4.42. The molecule has 0 nitrogen and oxygen atoms in total. The summed E-state index contributed by atoms with van der Waals surface area (Å²) in [5.74, 6) is 3.43. The van der Waals surface area contributed by atoms with E-state index in [1.807, 2.05) is 0 Å². The minimum absolute atomic E-state index is 0.545. The molecule has 17 heavy (non-hydrogen) atoms. The lowest BCUT2D eigenvalue weighted by Gasteiger charge is -2.37. The van der Waals surface area contributed by atoms with Gasteiger partial charge in [0, 0.05) is 0 Å². The monoisotopic (exact) mass is 240 g/mol. The molecule has 0 N–H and O–H groups in total. The summed E-state index contributed by atoms with van der Waals surface area (Å²) in [5, 5.41) is 0. The first kappa shape index (κ1) is 17.0. The summed E-state index contributed by atoms with van der Waals surface area (Å²) in [5.41, 5.74) is 0.545. The maximum Gasteiger partial charge on any atom is -0.0305 e. The quantitative estimate of drug-likeness (QED) is 0.477. The molecule has 0 aromatic heterocycles. The Kier molecular flexibility index (Phi) is 7.44. The van der Waals surface area contributed by atoms with E-state index in [1.165, 1.54) is 25.7 Å². The van der Waals surface area contributed by atoms with E-state index in [2.05, 4.69) is 55.4 Å². The molecule has 0 aliphatic rings. The first-order chi connectivity index (χ1) is 7.82. The predicted molar refractivity (Wildman–Crippen MR) is 80.3 cm³/mol. The van der Waals surface area contributed by atoms with Crippen LogP contribution >= 0.6 is 0 Å². The van der Waals surface area contributed by atoms with Crippen LogP contribution in [0.4, 0.5) is 0 Å². The highest BCUT2D eigenvalue weighted by Crippen LogP contribution is 2.40. The maximum atomic E-state index is 2.47. The molecule has 104 valence electrons. The molecule has 0 fully saturated rings. The fourth-order valence-corrected chi connectivity index (χ4v) is 2.94. The molecule has 0 rings (SSSR count). The molecular formula is C17H36. The second-order valence-electron chi connectivity index (χ2n) is 6.72. The third-order valence-electron chi connectivity index (χ3n) is 5.97. The lowest BCUT2D eigenvalue weighted by atomic mass is 9.68. The fraction of sp³-hybridized carbons (Fsp3) is 1.00. The van der Waals surface area contributed by atoms with Gasteiger partial charge in [-0.3, -0.25) is 0 Å². The van der Waals surface area contributed by atoms with Crippen molar-refractivity contribution in [2.45, 2.75) is 81.1 Å². The molecule has 0 heteroatoms. The van der Waals surface area contributed by atoms with E-state index < -0.39 is 0 Å². The first-order valence-electron chi connectivity index (χ1n) is 7.82. The van der Waals surface area contributed by atoms with Crippen molar-refractivity contribution >= 4 is 0 Å². The largest absolute Gasteiger partial charge is 0.0651 e. The van der Waals surface area contributed by atoms with Crippen molar-refractivity contribution in [1.29, 1.82) is 0 Å². The zero-order valence-electron chi connectivity index (χ0n) is 13.6. The zero-order valence-corrected chi connectivity index (χ0v) is 13.6. The molecule has 0 amide bonds. The van der Waals surface area contributed by atoms with Crippen molar-refractivity contribution in [2.24, 2.45) is 29.1 Å². The van der Waals surface area contributed by atoms with Crippen LogP contribution < -0.4 is 0 Å². The average Bonchev–Trinajstić information content (AvgIpc) is 2.35. The van der Waals surface area contributed by atoms with Gasteiger partial charge in [-0.05, 0) is 35.5 Å². The summed E-state index contributed by atoms with van der Waals surface area (Å²) in [7, 11) is 0. The third-order valence-corrected chi connectivity index (χ3v) is 5.97. The third kappa shape index (κ3) is 4.64. The summed E-state index contributed by atoms with van der Waals surface area (Å²) in [6.45, 7) is 19.3. The molecule has 0 aliphatic carbocycles. The fourth-order valence-electron chi connectivity index (χ4n) is 2.94. The van der Waals surface area contributed by atoms with Crippen molar-refractivity contribution in [3.05, 3.63) is 0 Å². The molecule has 0 bridgehead atoms. The minimum Gasteiger partial charge on any atom is -0.0651 e. The number of hydrogen-bond donors (Lipinski definition) is 0. The van der Waals surface area contributed by atoms with Gasteiger partial charge >= 0.3 is 0 Å². The van der Waals surface area contributed by atoms with Crippen molar-refractivity contribution in [2.75, 3.05) is 0 Å². The molecule has 4 atom stereocenters. The van der Waals surface area contributed by atoms with Gasteiger partial charge in [0.05, 0.1) is 0 Å². The van der Waals surface area contributed by atoms with Crippen molar-refractivity contribution in [3.8, 4) is 0 Å². The van der Waals surface area contributed by atoms with Crippen LogP contribution in [0.2, 0.25) is 0 Å². The smallest absolute Gasteiger partial charge is 0.0305 e. The Morgan fingerprint density at radius 3 is 1.65 bits per heavy atom. The average molecular weight is 240 g/mol. The van der Waals surface area contributed by atoms with E-state index in [1.54, 1.807) is 0 Å². The SMILES string of the molecule is CCC(C)C(C)C(C)CC(C)C(C)(CC)CC. The molecule has 0 saturated heterocycles. The van der Waals surface area contributed by atoms with Crippen LogP contribution in [0.5, 0.6) is 0 Å². The van der Waals surface area contributed by atoms with Crippen molar-refractivity contribution in [1.82, 2.24) is 0 Å². The summed E-state index contributed by atoms with van der Waals surface area (Å²) in [6.07, 6.45) is 5.34. The maximum absolute atomic E-state index is 2.47. The van der Waals surface area contributed by atoms with E-state index in [4.69, 9.17) is 0 Å². The standard InChI is InChI=1S/C17H36/c1-9-13(4)16(7)14(5)12-15(6)17(8,10-2)11-3/h13-16H,9-12H2,1-8H3. The Labute approximate surface area is 111 Å². The van der Waals surface area contributed by atoms with E-state index in [0.717, 1.165) is 23.7 Å². The molecule has 4 unspecified atom stereocenters. The molecule has 0 aromatic rings. The van der Waals surface area contributed by atoms with Gasteiger partial charge in [0.2, 0.25) is 0 Å². The van der Waals surface area contributed by atoms with Gasteiger partial charge in [0.25, 0.3) is 0 Å². The molecule has 0 radical (unpaired) electrons. The van der Waals surface area contributed by atoms with Gasteiger partial charge in [0.1, 0.15) is 0 Å². The minimum atomic E-state index is 0.545. The van der Waals surface area contributed by atoms with Crippen LogP contribution in [0.15, 0.2) is 0 Å². The Morgan fingerprint density at radius 2 is 1.29 bits per heavy atom. The van der Waals surface area contributed by atoms with Crippen molar-refractivity contribution in [3.63, 3.8) is 0 Å². The summed E-state index contributed by atoms with van der Waals surface area (Å²) in [4.78, 5) is 0. The van der Waals surface area contributed by atoms with Gasteiger partial charge in [0.15, 0.2) is 0 Å². The Bertz CT molecular complexity index is 190. The van der Waals surface area contributed by atoms with Crippen LogP contribution in [0.3, 0.4) is 0 Å². The van der Waals surface area contributed by atoms with E-state index in [-0.39, 0.29) is 0 Å². The Morgan fingerprint density at radius 1 is 0.824 bits per heavy atom. The normalized spacial score (nSPS) is 19.8. The summed E-state index contributed by atoms with van der Waals surface area (Å²) in [6, 6.07) is 0. The van der Waals surface area contributed by atoms with E-state index in [9.17, 15) is 0 Å². The summed E-state index contributed by atoms with van der Waals surface area (Å²) < 4.78 is 0. The van der Waals surface area contributed by atoms with Crippen molar-refractivity contribution < 1.29 is 0 Å². The van der Waals surface area contributed by atoms with Crippen LogP contribution in [0.25, 0.3) is 0 Å². The van der Waals surface area contributed by atoms with Gasteiger partial charge in [-0.1, -0.05) is 74.7 Å². The molecule has 0 saturated carbocycles. The molecular weight excluding hydrogens is 204 g/mol. The zero-order chi connectivity index (χ0) is 13.6. The second-order valence-corrected chi connectivity index (χ2v) is 6.72. The number of hydrogen-bond acceptors (Lipinski definition) is 0. The second kappa shape index (κ2) is 7.44. The lowest BCUT2D eigenvalue weighted by Crippen LogP contribution is -2.28. The van der Waals surface area contributed by atoms with Crippen LogP contribution in [-0.4, -0.2) is 0 Å². The van der Waals surface area contributed by atoms with Gasteiger partial charge in [-0.25, -0.2) is 0 Å². The van der Waals surface area contributed by atoms with Crippen LogP contribution in [0, 0.1) is 29.1 Å². The number of rotatable bonds is 8. The topological polar surface area (TPSA) is 0 Å². The highest BCUT2D eigenvalue weighted by molar-refractivity contribution is 4.80. The van der Waals surface area contributed by atoms with E-state index >= 15 is 0 Å². The van der Waals surface area contributed by atoms with Gasteiger partial charge in [-0.2, -0.15) is 0 Å². The molecule has 0 aromatic carbocycles. The highest BCUT2D eigenvalue weighted by Gasteiger charge is 2.30. The highest BCUT2D eigenvalue weighted by atomic mass is 14.4.